The van der Waals surface area contributed by atoms with E-state index in [0.29, 0.717) is 12.6 Å². The van der Waals surface area contributed by atoms with E-state index in [9.17, 15) is 0 Å². The van der Waals surface area contributed by atoms with E-state index in [0.717, 1.165) is 13.0 Å². The Morgan fingerprint density at radius 1 is 1.83 bits per heavy atom. The van der Waals surface area contributed by atoms with Gasteiger partial charge in [0.25, 0.3) is 0 Å². The van der Waals surface area contributed by atoms with E-state index in [-0.39, 0.29) is 0 Å². The van der Waals surface area contributed by atoms with E-state index in [1.807, 2.05) is 6.20 Å². The van der Waals surface area contributed by atoms with Crippen molar-refractivity contribution in [2.75, 3.05) is 20.1 Å². The van der Waals surface area contributed by atoms with Crippen LogP contribution >= 0.6 is 0 Å². The molecule has 3 N–H and O–H groups in total. The van der Waals surface area contributed by atoms with Gasteiger partial charge in [0, 0.05) is 30.8 Å². The summed E-state index contributed by atoms with van der Waals surface area (Å²) < 4.78 is 0. The lowest BCUT2D eigenvalue weighted by Crippen LogP contribution is -2.36. The average molecular weight is 166 g/mol. The predicted octanol–water partition coefficient (Wildman–Crippen LogP) is -0.103. The van der Waals surface area contributed by atoms with Gasteiger partial charge in [-0.15, -0.1) is 0 Å². The van der Waals surface area contributed by atoms with Gasteiger partial charge in [-0.05, 0) is 7.05 Å². The first kappa shape index (κ1) is 7.76. The van der Waals surface area contributed by atoms with Crippen LogP contribution in [0.15, 0.2) is 6.20 Å². The standard InChI is InChI=1S/C8H14N4/c1-12-3-2-7-6(5-10-11-7)8(12)4-9/h5,8H,2-4,9H2,1H3,(H,10,11). The van der Waals surface area contributed by atoms with Gasteiger partial charge in [-0.1, -0.05) is 0 Å². The molecule has 1 aromatic rings. The Morgan fingerprint density at radius 2 is 2.67 bits per heavy atom. The lowest BCUT2D eigenvalue weighted by molar-refractivity contribution is 0.236. The summed E-state index contributed by atoms with van der Waals surface area (Å²) in [4.78, 5) is 2.28. The summed E-state index contributed by atoms with van der Waals surface area (Å²) in [6.45, 7) is 1.74. The molecule has 0 saturated heterocycles. The predicted molar refractivity (Wildman–Crippen MR) is 46.7 cm³/mol. The fourth-order valence-electron chi connectivity index (χ4n) is 1.80. The van der Waals surface area contributed by atoms with Crippen molar-refractivity contribution >= 4 is 0 Å². The summed E-state index contributed by atoms with van der Waals surface area (Å²) >= 11 is 0. The van der Waals surface area contributed by atoms with Crippen LogP contribution in [0.2, 0.25) is 0 Å². The molecule has 1 unspecified atom stereocenters. The number of aromatic amines is 1. The zero-order valence-corrected chi connectivity index (χ0v) is 7.25. The molecule has 1 atom stereocenters. The average Bonchev–Trinajstić information content (AvgIpc) is 2.52. The number of H-pyrrole nitrogens is 1. The van der Waals surface area contributed by atoms with Crippen LogP contribution in [0.4, 0.5) is 0 Å². The van der Waals surface area contributed by atoms with Crippen molar-refractivity contribution < 1.29 is 0 Å². The van der Waals surface area contributed by atoms with Gasteiger partial charge in [0.15, 0.2) is 0 Å². The lowest BCUT2D eigenvalue weighted by Gasteiger charge is -2.30. The highest BCUT2D eigenvalue weighted by atomic mass is 15.2. The zero-order chi connectivity index (χ0) is 8.55. The van der Waals surface area contributed by atoms with Crippen LogP contribution in [0.1, 0.15) is 17.3 Å². The minimum absolute atomic E-state index is 0.354. The minimum Gasteiger partial charge on any atom is -0.329 e. The molecule has 0 amide bonds. The molecule has 0 bridgehead atoms. The van der Waals surface area contributed by atoms with Gasteiger partial charge in [0.1, 0.15) is 0 Å². The molecule has 12 heavy (non-hydrogen) atoms. The third-order valence-corrected chi connectivity index (χ3v) is 2.58. The second-order valence-electron chi connectivity index (χ2n) is 3.29. The first-order chi connectivity index (χ1) is 5.83. The zero-order valence-electron chi connectivity index (χ0n) is 7.25. The molecule has 0 radical (unpaired) electrons. The molecular formula is C8H14N4. The number of likely N-dealkylation sites (N-methyl/N-ethyl adjacent to an activating group) is 1. The molecule has 4 nitrogen and oxygen atoms in total. The highest BCUT2D eigenvalue weighted by molar-refractivity contribution is 5.24. The maximum atomic E-state index is 5.68. The largest absolute Gasteiger partial charge is 0.329 e. The molecule has 1 aliphatic rings. The van der Waals surface area contributed by atoms with Crippen molar-refractivity contribution in [2.45, 2.75) is 12.5 Å². The van der Waals surface area contributed by atoms with Crippen LogP contribution in [-0.4, -0.2) is 35.2 Å². The molecule has 0 spiro atoms. The van der Waals surface area contributed by atoms with Gasteiger partial charge in [-0.2, -0.15) is 5.10 Å². The number of rotatable bonds is 1. The third kappa shape index (κ3) is 1.04. The normalized spacial score (nSPS) is 24.0. The second kappa shape index (κ2) is 2.88. The van der Waals surface area contributed by atoms with Gasteiger partial charge in [0.05, 0.1) is 12.2 Å². The highest BCUT2D eigenvalue weighted by Gasteiger charge is 2.24. The Bertz CT molecular complexity index is 268. The van der Waals surface area contributed by atoms with Gasteiger partial charge in [0.2, 0.25) is 0 Å². The van der Waals surface area contributed by atoms with E-state index in [4.69, 9.17) is 5.73 Å². The Balaban J connectivity index is 2.34. The maximum Gasteiger partial charge on any atom is 0.0538 e. The second-order valence-corrected chi connectivity index (χ2v) is 3.29. The topological polar surface area (TPSA) is 57.9 Å². The summed E-state index contributed by atoms with van der Waals surface area (Å²) in [7, 11) is 2.10. The molecule has 2 heterocycles. The monoisotopic (exact) mass is 166 g/mol. The molecule has 4 heteroatoms. The fraction of sp³-hybridized carbons (Fsp3) is 0.625. The van der Waals surface area contributed by atoms with Crippen LogP contribution in [0, 0.1) is 0 Å². The molecule has 0 fully saturated rings. The fourth-order valence-corrected chi connectivity index (χ4v) is 1.80. The maximum absolute atomic E-state index is 5.68. The van der Waals surface area contributed by atoms with Crippen LogP contribution in [0.5, 0.6) is 0 Å². The summed E-state index contributed by atoms with van der Waals surface area (Å²) in [5, 5.41) is 7.04. The van der Waals surface area contributed by atoms with E-state index in [1.54, 1.807) is 0 Å². The van der Waals surface area contributed by atoms with Gasteiger partial charge < -0.3 is 5.73 Å². The molecule has 0 aliphatic carbocycles. The van der Waals surface area contributed by atoms with Crippen LogP contribution in [0.3, 0.4) is 0 Å². The van der Waals surface area contributed by atoms with Crippen molar-refractivity contribution in [3.63, 3.8) is 0 Å². The van der Waals surface area contributed by atoms with Crippen molar-refractivity contribution in [1.29, 1.82) is 0 Å². The van der Waals surface area contributed by atoms with E-state index >= 15 is 0 Å². The molecular weight excluding hydrogens is 152 g/mol. The number of nitrogens with one attached hydrogen (secondary N) is 1. The lowest BCUT2D eigenvalue weighted by atomic mass is 10.0. The first-order valence-electron chi connectivity index (χ1n) is 4.25. The van der Waals surface area contributed by atoms with Crippen molar-refractivity contribution in [3.05, 3.63) is 17.5 Å². The SMILES string of the molecule is CN1CCc2[nH]ncc2C1CN. The molecule has 2 rings (SSSR count). The van der Waals surface area contributed by atoms with Crippen LogP contribution < -0.4 is 5.73 Å². The molecule has 0 aromatic carbocycles. The molecule has 1 aliphatic heterocycles. The smallest absolute Gasteiger partial charge is 0.0538 e. The van der Waals surface area contributed by atoms with E-state index in [2.05, 4.69) is 22.1 Å². The summed E-state index contributed by atoms with van der Waals surface area (Å²) in [6, 6.07) is 0.354. The Labute approximate surface area is 71.7 Å². The Kier molecular flexibility index (Phi) is 1.86. The van der Waals surface area contributed by atoms with Crippen molar-refractivity contribution in [3.8, 4) is 0 Å². The minimum atomic E-state index is 0.354. The molecule has 66 valence electrons. The molecule has 1 aromatic heterocycles. The number of hydrogen-bond donors (Lipinski definition) is 2. The summed E-state index contributed by atoms with van der Waals surface area (Å²) in [5.74, 6) is 0. The Hall–Kier alpha value is -0.870. The van der Waals surface area contributed by atoms with Crippen molar-refractivity contribution in [1.82, 2.24) is 15.1 Å². The van der Waals surface area contributed by atoms with Crippen LogP contribution in [0.25, 0.3) is 0 Å². The number of nitrogens with zero attached hydrogens (tertiary/aromatic N) is 2. The van der Waals surface area contributed by atoms with Gasteiger partial charge in [-0.3, -0.25) is 10.00 Å². The first-order valence-corrected chi connectivity index (χ1v) is 4.25. The van der Waals surface area contributed by atoms with E-state index < -0.39 is 0 Å². The quantitative estimate of drug-likeness (QED) is 0.612. The summed E-state index contributed by atoms with van der Waals surface area (Å²) in [6.07, 6.45) is 2.95. The van der Waals surface area contributed by atoms with Crippen molar-refractivity contribution in [2.24, 2.45) is 5.73 Å². The van der Waals surface area contributed by atoms with Gasteiger partial charge >= 0.3 is 0 Å². The third-order valence-electron chi connectivity index (χ3n) is 2.58. The number of nitrogens with two attached hydrogens (primary N) is 1. The summed E-state index contributed by atoms with van der Waals surface area (Å²) in [5.41, 5.74) is 8.21. The van der Waals surface area contributed by atoms with E-state index in [1.165, 1.54) is 11.3 Å². The van der Waals surface area contributed by atoms with Gasteiger partial charge in [-0.25, -0.2) is 0 Å². The number of hydrogen-bond acceptors (Lipinski definition) is 3. The Morgan fingerprint density at radius 3 is 3.42 bits per heavy atom. The van der Waals surface area contributed by atoms with Crippen LogP contribution in [-0.2, 0) is 6.42 Å². The number of fused-ring (bicyclic) bond motifs is 1. The highest BCUT2D eigenvalue weighted by Crippen LogP contribution is 2.25. The number of aromatic nitrogens is 2. The molecule has 0 saturated carbocycles.